The molecular weight excluding hydrogens is 582 g/mol. The minimum Gasteiger partial charge on any atom is -0.355 e. The molecule has 1 N–H and O–H groups in total. The summed E-state index contributed by atoms with van der Waals surface area (Å²) in [5.41, 5.74) is 5.11. The van der Waals surface area contributed by atoms with Crippen LogP contribution in [0.2, 0.25) is 0 Å². The van der Waals surface area contributed by atoms with Crippen LogP contribution in [-0.2, 0) is 32.6 Å². The molecule has 7 nitrogen and oxygen atoms in total. The lowest BCUT2D eigenvalue weighted by Crippen LogP contribution is -2.53. The van der Waals surface area contributed by atoms with E-state index in [1.807, 2.05) is 87.5 Å². The maximum atomic E-state index is 14.5. The second-order valence-corrected chi connectivity index (χ2v) is 13.5. The zero-order valence-corrected chi connectivity index (χ0v) is 27.6. The molecule has 0 aromatic heterocycles. The Kier molecular flexibility index (Phi) is 11.2. The molecule has 0 aliphatic carbocycles. The van der Waals surface area contributed by atoms with Crippen molar-refractivity contribution >= 4 is 27.5 Å². The third kappa shape index (κ3) is 8.60. The number of nitrogens with one attached hydrogen (secondary N) is 1. The van der Waals surface area contributed by atoms with E-state index in [2.05, 4.69) is 19.2 Å². The third-order valence-electron chi connectivity index (χ3n) is 7.79. The van der Waals surface area contributed by atoms with E-state index in [9.17, 15) is 18.0 Å². The minimum absolute atomic E-state index is 0.0867. The average Bonchev–Trinajstić information content (AvgIpc) is 3.02. The summed E-state index contributed by atoms with van der Waals surface area (Å²) in [6.07, 6.45) is 0.276. The van der Waals surface area contributed by atoms with Crippen molar-refractivity contribution in [2.45, 2.75) is 64.4 Å². The van der Waals surface area contributed by atoms with E-state index in [4.69, 9.17) is 0 Å². The fourth-order valence-electron chi connectivity index (χ4n) is 5.24. The number of nitrogens with zero attached hydrogens (tertiary/aromatic N) is 2. The fourth-order valence-corrected chi connectivity index (χ4v) is 6.66. The van der Waals surface area contributed by atoms with Crippen LogP contribution in [0.25, 0.3) is 0 Å². The number of aryl methyl sites for hydroxylation is 2. The first-order valence-corrected chi connectivity index (χ1v) is 16.8. The van der Waals surface area contributed by atoms with Crippen molar-refractivity contribution in [3.63, 3.8) is 0 Å². The summed E-state index contributed by atoms with van der Waals surface area (Å²) in [6.45, 7) is 9.88. The molecule has 8 heteroatoms. The smallest absolute Gasteiger partial charge is 0.264 e. The van der Waals surface area contributed by atoms with Crippen molar-refractivity contribution in [1.29, 1.82) is 0 Å². The van der Waals surface area contributed by atoms with Gasteiger partial charge in [0.1, 0.15) is 12.6 Å². The molecule has 0 aliphatic heterocycles. The Labute approximate surface area is 268 Å². The lowest BCUT2D eigenvalue weighted by atomic mass is 10.0. The summed E-state index contributed by atoms with van der Waals surface area (Å²) >= 11 is 0. The molecule has 0 unspecified atom stereocenters. The molecule has 0 heterocycles. The Morgan fingerprint density at radius 2 is 1.42 bits per heavy atom. The van der Waals surface area contributed by atoms with Gasteiger partial charge in [0.25, 0.3) is 10.0 Å². The molecule has 0 saturated heterocycles. The van der Waals surface area contributed by atoms with Crippen molar-refractivity contribution in [3.05, 3.63) is 131 Å². The maximum Gasteiger partial charge on any atom is 0.264 e. The number of hydrogen-bond donors (Lipinski definition) is 1. The number of sulfonamides is 1. The van der Waals surface area contributed by atoms with Crippen molar-refractivity contribution < 1.29 is 18.0 Å². The van der Waals surface area contributed by atoms with Crippen molar-refractivity contribution in [1.82, 2.24) is 10.2 Å². The molecule has 1 atom stereocenters. The topological polar surface area (TPSA) is 86.8 Å². The van der Waals surface area contributed by atoms with Crippen LogP contribution in [0.1, 0.15) is 54.5 Å². The van der Waals surface area contributed by atoms with Crippen LogP contribution in [0.4, 0.5) is 5.69 Å². The first-order chi connectivity index (χ1) is 21.5. The number of rotatable bonds is 13. The Morgan fingerprint density at radius 3 is 2.02 bits per heavy atom. The number of carbonyl (C=O) groups excluding carboxylic acids is 2. The molecule has 2 amide bonds. The minimum atomic E-state index is -4.14. The second-order valence-electron chi connectivity index (χ2n) is 11.7. The van der Waals surface area contributed by atoms with E-state index >= 15 is 0 Å². The van der Waals surface area contributed by atoms with E-state index < -0.39 is 28.5 Å². The summed E-state index contributed by atoms with van der Waals surface area (Å²) in [6, 6.07) is 30.3. The number of hydrogen-bond acceptors (Lipinski definition) is 4. The lowest BCUT2D eigenvalue weighted by molar-refractivity contribution is -0.140. The van der Waals surface area contributed by atoms with Crippen LogP contribution < -0.4 is 9.62 Å². The monoisotopic (exact) mass is 625 g/mol. The molecule has 0 spiro atoms. The van der Waals surface area contributed by atoms with E-state index in [0.29, 0.717) is 12.2 Å². The van der Waals surface area contributed by atoms with Crippen LogP contribution in [0, 0.1) is 13.8 Å². The van der Waals surface area contributed by atoms with Gasteiger partial charge in [-0.3, -0.25) is 13.9 Å². The quantitative estimate of drug-likeness (QED) is 0.186. The Bertz CT molecular complexity index is 1690. The van der Waals surface area contributed by atoms with Gasteiger partial charge in [-0.05, 0) is 67.6 Å². The third-order valence-corrected chi connectivity index (χ3v) is 9.58. The molecule has 4 rings (SSSR count). The van der Waals surface area contributed by atoms with Gasteiger partial charge in [-0.15, -0.1) is 0 Å². The molecule has 45 heavy (non-hydrogen) atoms. The van der Waals surface area contributed by atoms with Gasteiger partial charge in [-0.1, -0.05) is 104 Å². The second kappa shape index (κ2) is 15.0. The van der Waals surface area contributed by atoms with Gasteiger partial charge in [0.15, 0.2) is 0 Å². The highest BCUT2D eigenvalue weighted by molar-refractivity contribution is 7.92. The Hall–Kier alpha value is -4.43. The number of amides is 2. The number of likely N-dealkylation sites (N-methyl/N-ethyl adjacent to an activating group) is 1. The number of anilines is 1. The molecule has 0 bridgehead atoms. The maximum absolute atomic E-state index is 14.5. The van der Waals surface area contributed by atoms with Crippen LogP contribution in [0.3, 0.4) is 0 Å². The zero-order valence-electron chi connectivity index (χ0n) is 26.7. The summed E-state index contributed by atoms with van der Waals surface area (Å²) in [5.74, 6) is -0.521. The molecule has 0 saturated carbocycles. The van der Waals surface area contributed by atoms with Gasteiger partial charge in [0.05, 0.1) is 10.6 Å². The molecule has 0 aliphatic rings. The van der Waals surface area contributed by atoms with Gasteiger partial charge >= 0.3 is 0 Å². The first-order valence-electron chi connectivity index (χ1n) is 15.4. The van der Waals surface area contributed by atoms with Crippen molar-refractivity contribution in [2.24, 2.45) is 0 Å². The van der Waals surface area contributed by atoms with Crippen LogP contribution in [0.5, 0.6) is 0 Å². The van der Waals surface area contributed by atoms with Gasteiger partial charge in [-0.25, -0.2) is 8.42 Å². The summed E-state index contributed by atoms with van der Waals surface area (Å²) < 4.78 is 29.6. The highest BCUT2D eigenvalue weighted by atomic mass is 32.2. The highest BCUT2D eigenvalue weighted by Gasteiger charge is 2.34. The predicted molar refractivity (Wildman–Crippen MR) is 181 cm³/mol. The number of benzene rings is 4. The summed E-state index contributed by atoms with van der Waals surface area (Å²) in [5, 5.41) is 2.90. The largest absolute Gasteiger partial charge is 0.355 e. The van der Waals surface area contributed by atoms with E-state index in [0.717, 1.165) is 32.1 Å². The molecule has 4 aromatic carbocycles. The van der Waals surface area contributed by atoms with E-state index in [1.165, 1.54) is 4.90 Å². The Balaban J connectivity index is 1.80. The predicted octanol–water partition coefficient (Wildman–Crippen LogP) is 6.40. The highest BCUT2D eigenvalue weighted by Crippen LogP contribution is 2.27. The fraction of sp³-hybridized carbons (Fsp3) is 0.297. The summed E-state index contributed by atoms with van der Waals surface area (Å²) in [4.78, 5) is 29.7. The molecule has 4 aromatic rings. The van der Waals surface area contributed by atoms with Crippen molar-refractivity contribution in [3.8, 4) is 0 Å². The van der Waals surface area contributed by atoms with Crippen LogP contribution >= 0.6 is 0 Å². The van der Waals surface area contributed by atoms with E-state index in [-0.39, 0.29) is 29.7 Å². The molecular formula is C37H43N3O4S. The number of carbonyl (C=O) groups is 2. The van der Waals surface area contributed by atoms with Gasteiger partial charge in [0.2, 0.25) is 11.8 Å². The normalized spacial score (nSPS) is 12.0. The van der Waals surface area contributed by atoms with Gasteiger partial charge in [0, 0.05) is 19.5 Å². The van der Waals surface area contributed by atoms with Gasteiger partial charge < -0.3 is 10.2 Å². The lowest BCUT2D eigenvalue weighted by Gasteiger charge is -2.34. The molecule has 0 radical (unpaired) electrons. The molecule has 0 fully saturated rings. The van der Waals surface area contributed by atoms with E-state index in [1.54, 1.807) is 36.4 Å². The standard InChI is InChI=1S/C37H43N3O4S/c1-6-38-37(42)35(24-30-12-8-7-9-13-30)39(25-31-14-10-11-29(5)23-31)36(41)26-40(33-19-17-32(18-20-33)27(2)3)45(43,44)34-21-15-28(4)16-22-34/h7-23,27,35H,6,24-26H2,1-5H3,(H,38,42)/t35-/m1/s1. The van der Waals surface area contributed by atoms with Gasteiger partial charge in [-0.2, -0.15) is 0 Å². The molecule has 236 valence electrons. The average molecular weight is 626 g/mol. The van der Waals surface area contributed by atoms with Crippen LogP contribution in [0.15, 0.2) is 108 Å². The first kappa shape index (κ1) is 33.5. The SMILES string of the molecule is CCNC(=O)[C@@H](Cc1ccccc1)N(Cc1cccc(C)c1)C(=O)CN(c1ccc(C(C)C)cc1)S(=O)(=O)c1ccc(C)cc1. The Morgan fingerprint density at radius 1 is 0.778 bits per heavy atom. The zero-order chi connectivity index (χ0) is 32.6. The van der Waals surface area contributed by atoms with Crippen molar-refractivity contribution in [2.75, 3.05) is 17.4 Å². The van der Waals surface area contributed by atoms with Crippen LogP contribution in [-0.4, -0.2) is 44.3 Å². The summed E-state index contributed by atoms with van der Waals surface area (Å²) in [7, 11) is -4.14.